The lowest BCUT2D eigenvalue weighted by molar-refractivity contribution is 0.291. The zero-order valence-electron chi connectivity index (χ0n) is 16.7. The van der Waals surface area contributed by atoms with Gasteiger partial charge in [-0.1, -0.05) is 69.9 Å². The molecule has 0 radical (unpaired) electrons. The molecule has 1 aliphatic rings. The first-order valence-corrected chi connectivity index (χ1v) is 10.7. The molecule has 0 saturated heterocycles. The molecule has 0 heterocycles. The molecular weight excluding hydrogens is 319 g/mol. The third-order valence-corrected chi connectivity index (χ3v) is 5.62. The van der Waals surface area contributed by atoms with Crippen LogP contribution in [0.15, 0.2) is 30.4 Å². The van der Waals surface area contributed by atoms with Crippen LogP contribution in [0.1, 0.15) is 89.2 Å². The third-order valence-electron chi connectivity index (χ3n) is 5.62. The molecular formula is C25H35F. The van der Waals surface area contributed by atoms with Gasteiger partial charge in [0, 0.05) is 0 Å². The van der Waals surface area contributed by atoms with Gasteiger partial charge in [0.05, 0.1) is 5.56 Å². The van der Waals surface area contributed by atoms with E-state index in [1.54, 1.807) is 6.07 Å². The number of halogens is 1. The SMILES string of the molecule is CCCCCc1ccc(C#CC=CC2CCC(CCCC)CC2)c(F)c1. The summed E-state index contributed by atoms with van der Waals surface area (Å²) in [5.41, 5.74) is 1.59. The van der Waals surface area contributed by atoms with Gasteiger partial charge in [-0.05, 0) is 74.1 Å². The van der Waals surface area contributed by atoms with E-state index in [1.165, 1.54) is 57.8 Å². The van der Waals surface area contributed by atoms with E-state index >= 15 is 0 Å². The number of rotatable bonds is 8. The monoisotopic (exact) mass is 354 g/mol. The highest BCUT2D eigenvalue weighted by atomic mass is 19.1. The zero-order chi connectivity index (χ0) is 18.6. The van der Waals surface area contributed by atoms with Crippen LogP contribution in [0, 0.1) is 29.5 Å². The number of hydrogen-bond acceptors (Lipinski definition) is 0. The first-order chi connectivity index (χ1) is 12.7. The lowest BCUT2D eigenvalue weighted by Gasteiger charge is -2.26. The summed E-state index contributed by atoms with van der Waals surface area (Å²) >= 11 is 0. The Kier molecular flexibility index (Phi) is 9.54. The van der Waals surface area contributed by atoms with Crippen molar-refractivity contribution >= 4 is 0 Å². The molecule has 26 heavy (non-hydrogen) atoms. The fraction of sp³-hybridized carbons (Fsp3) is 0.600. The molecule has 1 aromatic carbocycles. The zero-order valence-corrected chi connectivity index (χ0v) is 16.7. The molecule has 0 aromatic heterocycles. The molecule has 0 nitrogen and oxygen atoms in total. The van der Waals surface area contributed by atoms with Crippen LogP contribution in [0.3, 0.4) is 0 Å². The second-order valence-corrected chi connectivity index (χ2v) is 7.82. The van der Waals surface area contributed by atoms with E-state index in [2.05, 4.69) is 31.8 Å². The van der Waals surface area contributed by atoms with Crippen LogP contribution in [0.4, 0.5) is 4.39 Å². The predicted molar refractivity (Wildman–Crippen MR) is 111 cm³/mol. The van der Waals surface area contributed by atoms with E-state index in [-0.39, 0.29) is 5.82 Å². The lowest BCUT2D eigenvalue weighted by atomic mass is 9.80. The number of allylic oxidation sites excluding steroid dienone is 2. The van der Waals surface area contributed by atoms with Gasteiger partial charge in [-0.3, -0.25) is 0 Å². The summed E-state index contributed by atoms with van der Waals surface area (Å²) in [4.78, 5) is 0. The van der Waals surface area contributed by atoms with E-state index in [4.69, 9.17) is 0 Å². The van der Waals surface area contributed by atoms with Crippen molar-refractivity contribution < 1.29 is 4.39 Å². The minimum absolute atomic E-state index is 0.184. The summed E-state index contributed by atoms with van der Waals surface area (Å²) in [6.45, 7) is 4.46. The first kappa shape index (κ1) is 20.8. The Bertz CT molecular complexity index is 609. The topological polar surface area (TPSA) is 0 Å². The molecule has 0 atom stereocenters. The quantitative estimate of drug-likeness (QED) is 0.335. The van der Waals surface area contributed by atoms with Crippen molar-refractivity contribution in [3.05, 3.63) is 47.3 Å². The molecule has 0 N–H and O–H groups in total. The number of hydrogen-bond donors (Lipinski definition) is 0. The van der Waals surface area contributed by atoms with Crippen molar-refractivity contribution in [1.82, 2.24) is 0 Å². The minimum Gasteiger partial charge on any atom is -0.206 e. The smallest absolute Gasteiger partial charge is 0.139 e. The highest BCUT2D eigenvalue weighted by molar-refractivity contribution is 5.39. The Morgan fingerprint density at radius 2 is 1.81 bits per heavy atom. The Morgan fingerprint density at radius 1 is 1.04 bits per heavy atom. The minimum atomic E-state index is -0.184. The van der Waals surface area contributed by atoms with Crippen molar-refractivity contribution in [2.24, 2.45) is 11.8 Å². The summed E-state index contributed by atoms with van der Waals surface area (Å²) in [5, 5.41) is 0. The van der Waals surface area contributed by atoms with Gasteiger partial charge in [0.15, 0.2) is 0 Å². The van der Waals surface area contributed by atoms with Gasteiger partial charge in [0.2, 0.25) is 0 Å². The van der Waals surface area contributed by atoms with E-state index in [0.29, 0.717) is 11.5 Å². The second-order valence-electron chi connectivity index (χ2n) is 7.82. The molecule has 0 bridgehead atoms. The van der Waals surface area contributed by atoms with Crippen LogP contribution in [0.2, 0.25) is 0 Å². The highest BCUT2D eigenvalue weighted by Gasteiger charge is 2.18. The van der Waals surface area contributed by atoms with Gasteiger partial charge in [0.1, 0.15) is 5.82 Å². The van der Waals surface area contributed by atoms with E-state index in [1.807, 2.05) is 18.2 Å². The molecule has 0 amide bonds. The fourth-order valence-electron chi connectivity index (χ4n) is 3.86. The average Bonchev–Trinajstić information content (AvgIpc) is 2.66. The van der Waals surface area contributed by atoms with Crippen LogP contribution in [0.5, 0.6) is 0 Å². The summed E-state index contributed by atoms with van der Waals surface area (Å²) in [6.07, 6.45) is 18.0. The van der Waals surface area contributed by atoms with Crippen molar-refractivity contribution in [3.8, 4) is 11.8 Å². The standard InChI is InChI=1S/C25H35F/c1-3-5-7-12-23-18-19-24(25(26)20-23)13-9-8-11-22-16-14-21(15-17-22)10-6-4-2/h8,11,18-22H,3-7,10,12,14-17H2,1-2H3. The molecule has 0 unspecified atom stereocenters. The lowest BCUT2D eigenvalue weighted by Crippen LogP contribution is -2.12. The summed E-state index contributed by atoms with van der Waals surface area (Å²) in [7, 11) is 0. The molecule has 1 aromatic rings. The normalized spacial score (nSPS) is 20.1. The summed E-state index contributed by atoms with van der Waals surface area (Å²) in [5.74, 6) is 7.42. The Labute approximate surface area is 160 Å². The Balaban J connectivity index is 1.79. The molecule has 142 valence electrons. The third kappa shape index (κ3) is 7.36. The largest absolute Gasteiger partial charge is 0.206 e. The molecule has 1 saturated carbocycles. The fourth-order valence-corrected chi connectivity index (χ4v) is 3.86. The first-order valence-electron chi connectivity index (χ1n) is 10.7. The maximum Gasteiger partial charge on any atom is 0.139 e. The van der Waals surface area contributed by atoms with Crippen LogP contribution < -0.4 is 0 Å². The Hall–Kier alpha value is -1.55. The molecule has 1 fully saturated rings. The number of aryl methyl sites for hydroxylation is 1. The van der Waals surface area contributed by atoms with Crippen molar-refractivity contribution in [3.63, 3.8) is 0 Å². The van der Waals surface area contributed by atoms with Gasteiger partial charge >= 0.3 is 0 Å². The van der Waals surface area contributed by atoms with Crippen LogP contribution >= 0.6 is 0 Å². The summed E-state index contributed by atoms with van der Waals surface area (Å²) < 4.78 is 14.2. The van der Waals surface area contributed by atoms with E-state index < -0.39 is 0 Å². The molecule has 0 spiro atoms. The van der Waals surface area contributed by atoms with Gasteiger partial charge in [-0.2, -0.15) is 0 Å². The Morgan fingerprint density at radius 3 is 2.50 bits per heavy atom. The predicted octanol–water partition coefficient (Wildman–Crippen LogP) is 7.46. The number of benzene rings is 1. The molecule has 1 heteroatoms. The molecule has 2 rings (SSSR count). The number of unbranched alkanes of at least 4 members (excludes halogenated alkanes) is 3. The van der Waals surface area contributed by atoms with E-state index in [0.717, 1.165) is 24.3 Å². The van der Waals surface area contributed by atoms with E-state index in [9.17, 15) is 4.39 Å². The highest BCUT2D eigenvalue weighted by Crippen LogP contribution is 2.32. The molecule has 0 aliphatic heterocycles. The maximum atomic E-state index is 14.2. The van der Waals surface area contributed by atoms with Crippen molar-refractivity contribution in [1.29, 1.82) is 0 Å². The molecule has 1 aliphatic carbocycles. The van der Waals surface area contributed by atoms with Gasteiger partial charge in [-0.15, -0.1) is 0 Å². The average molecular weight is 355 g/mol. The van der Waals surface area contributed by atoms with Crippen molar-refractivity contribution in [2.45, 2.75) is 84.5 Å². The van der Waals surface area contributed by atoms with Crippen LogP contribution in [0.25, 0.3) is 0 Å². The van der Waals surface area contributed by atoms with Crippen LogP contribution in [-0.4, -0.2) is 0 Å². The maximum absolute atomic E-state index is 14.2. The van der Waals surface area contributed by atoms with Crippen LogP contribution in [-0.2, 0) is 6.42 Å². The van der Waals surface area contributed by atoms with Gasteiger partial charge in [-0.25, -0.2) is 4.39 Å². The summed E-state index contributed by atoms with van der Waals surface area (Å²) in [6, 6.07) is 5.50. The second kappa shape index (κ2) is 11.9. The van der Waals surface area contributed by atoms with Gasteiger partial charge in [0.25, 0.3) is 0 Å². The van der Waals surface area contributed by atoms with Gasteiger partial charge < -0.3 is 0 Å². The van der Waals surface area contributed by atoms with Crippen molar-refractivity contribution in [2.75, 3.05) is 0 Å².